The molecule has 0 unspecified atom stereocenters. The van der Waals surface area contributed by atoms with Crippen LogP contribution < -0.4 is 5.32 Å². The first-order chi connectivity index (χ1) is 9.49. The fraction of sp³-hybridized carbons (Fsp3) is 0.467. The third kappa shape index (κ3) is 4.26. The minimum absolute atomic E-state index is 0.0317. The van der Waals surface area contributed by atoms with Crippen molar-refractivity contribution in [1.29, 1.82) is 0 Å². The Morgan fingerprint density at radius 3 is 2.05 bits per heavy atom. The van der Waals surface area contributed by atoms with Crippen molar-refractivity contribution in [2.24, 2.45) is 0 Å². The van der Waals surface area contributed by atoms with Crippen molar-refractivity contribution in [1.82, 2.24) is 9.80 Å². The van der Waals surface area contributed by atoms with E-state index in [1.54, 1.807) is 31.1 Å². The van der Waals surface area contributed by atoms with E-state index in [0.29, 0.717) is 18.7 Å². The van der Waals surface area contributed by atoms with Crippen LogP contribution in [0.3, 0.4) is 0 Å². The first kappa shape index (κ1) is 16.0. The Kier molecular flexibility index (Phi) is 6.03. The van der Waals surface area contributed by atoms with E-state index in [1.165, 1.54) is 4.90 Å². The van der Waals surface area contributed by atoms with Gasteiger partial charge in [0.2, 0.25) is 5.91 Å². The number of carbonyl (C=O) groups excluding carboxylic acids is 2. The lowest BCUT2D eigenvalue weighted by Gasteiger charge is -2.19. The smallest absolute Gasteiger partial charge is 0.253 e. The zero-order chi connectivity index (χ0) is 15.1. The average molecular weight is 277 g/mol. The molecule has 0 aromatic heterocycles. The van der Waals surface area contributed by atoms with Gasteiger partial charge in [-0.2, -0.15) is 0 Å². The first-order valence-corrected chi connectivity index (χ1v) is 6.83. The van der Waals surface area contributed by atoms with Crippen molar-refractivity contribution in [2.45, 2.75) is 13.8 Å². The van der Waals surface area contributed by atoms with Crippen LogP contribution in [0.15, 0.2) is 24.3 Å². The molecule has 1 N–H and O–H groups in total. The first-order valence-electron chi connectivity index (χ1n) is 6.83. The highest BCUT2D eigenvalue weighted by Gasteiger charge is 2.10. The third-order valence-corrected chi connectivity index (χ3v) is 3.10. The molecule has 0 radical (unpaired) electrons. The van der Waals surface area contributed by atoms with Crippen LogP contribution in [0.25, 0.3) is 0 Å². The molecule has 0 fully saturated rings. The number of nitrogens with zero attached hydrogens (tertiary/aromatic N) is 2. The van der Waals surface area contributed by atoms with Crippen molar-refractivity contribution in [3.63, 3.8) is 0 Å². The molecule has 20 heavy (non-hydrogen) atoms. The molecule has 2 amide bonds. The molecule has 0 spiro atoms. The molecule has 1 aromatic rings. The number of rotatable bonds is 6. The summed E-state index contributed by atoms with van der Waals surface area (Å²) in [5.41, 5.74) is 1.47. The Labute approximate surface area is 120 Å². The van der Waals surface area contributed by atoms with E-state index in [2.05, 4.69) is 5.32 Å². The van der Waals surface area contributed by atoms with Gasteiger partial charge in [-0.1, -0.05) is 0 Å². The fourth-order valence-electron chi connectivity index (χ4n) is 1.85. The summed E-state index contributed by atoms with van der Waals surface area (Å²) in [4.78, 5) is 26.9. The summed E-state index contributed by atoms with van der Waals surface area (Å²) in [7, 11) is 3.44. The van der Waals surface area contributed by atoms with Crippen LogP contribution in [-0.2, 0) is 4.79 Å². The van der Waals surface area contributed by atoms with Crippen molar-refractivity contribution in [3.05, 3.63) is 29.8 Å². The lowest BCUT2D eigenvalue weighted by Crippen LogP contribution is -2.35. The monoisotopic (exact) mass is 277 g/mol. The topological polar surface area (TPSA) is 52.7 Å². The highest BCUT2D eigenvalue weighted by Crippen LogP contribution is 2.10. The minimum Gasteiger partial charge on any atom is -0.376 e. The molecule has 5 nitrogen and oxygen atoms in total. The molecule has 0 aliphatic rings. The number of hydrogen-bond donors (Lipinski definition) is 1. The van der Waals surface area contributed by atoms with Gasteiger partial charge in [0.1, 0.15) is 0 Å². The maximum atomic E-state index is 11.8. The molecule has 0 atom stereocenters. The number of carbonyl (C=O) groups is 2. The molecule has 1 rings (SSSR count). The van der Waals surface area contributed by atoms with E-state index in [4.69, 9.17) is 0 Å². The van der Waals surface area contributed by atoms with Gasteiger partial charge in [-0.05, 0) is 38.1 Å². The van der Waals surface area contributed by atoms with Crippen LogP contribution in [0, 0.1) is 0 Å². The van der Waals surface area contributed by atoms with E-state index in [0.717, 1.165) is 5.69 Å². The van der Waals surface area contributed by atoms with Crippen molar-refractivity contribution in [2.75, 3.05) is 39.0 Å². The number of amides is 2. The molecule has 0 aliphatic carbocycles. The van der Waals surface area contributed by atoms with Gasteiger partial charge in [0.05, 0.1) is 6.54 Å². The van der Waals surface area contributed by atoms with Gasteiger partial charge in [0.15, 0.2) is 0 Å². The predicted molar refractivity (Wildman–Crippen MR) is 80.9 cm³/mol. The fourth-order valence-corrected chi connectivity index (χ4v) is 1.85. The molecule has 1 aromatic carbocycles. The Morgan fingerprint density at radius 1 is 1.05 bits per heavy atom. The summed E-state index contributed by atoms with van der Waals surface area (Å²) < 4.78 is 0. The molecular formula is C15H23N3O2. The maximum Gasteiger partial charge on any atom is 0.253 e. The molecule has 5 heteroatoms. The van der Waals surface area contributed by atoms with E-state index < -0.39 is 0 Å². The van der Waals surface area contributed by atoms with Crippen LogP contribution in [-0.4, -0.2) is 55.3 Å². The third-order valence-electron chi connectivity index (χ3n) is 3.10. The number of hydrogen-bond acceptors (Lipinski definition) is 3. The molecule has 0 heterocycles. The van der Waals surface area contributed by atoms with Crippen LogP contribution in [0.1, 0.15) is 24.2 Å². The Balaban J connectivity index is 2.58. The van der Waals surface area contributed by atoms with E-state index in [1.807, 2.05) is 26.0 Å². The van der Waals surface area contributed by atoms with Crippen molar-refractivity contribution < 1.29 is 9.59 Å². The quantitative estimate of drug-likeness (QED) is 0.860. The highest BCUT2D eigenvalue weighted by molar-refractivity contribution is 5.94. The molecule has 0 aliphatic heterocycles. The summed E-state index contributed by atoms with van der Waals surface area (Å²) in [5, 5.41) is 3.07. The van der Waals surface area contributed by atoms with Crippen LogP contribution in [0.2, 0.25) is 0 Å². The van der Waals surface area contributed by atoms with Gasteiger partial charge < -0.3 is 15.1 Å². The van der Waals surface area contributed by atoms with Gasteiger partial charge in [0, 0.05) is 38.4 Å². The second-order valence-electron chi connectivity index (χ2n) is 4.70. The van der Waals surface area contributed by atoms with Gasteiger partial charge in [-0.25, -0.2) is 0 Å². The average Bonchev–Trinajstić information content (AvgIpc) is 2.46. The van der Waals surface area contributed by atoms with Crippen LogP contribution in [0.5, 0.6) is 0 Å². The Morgan fingerprint density at radius 2 is 1.60 bits per heavy atom. The van der Waals surface area contributed by atoms with Gasteiger partial charge >= 0.3 is 0 Å². The van der Waals surface area contributed by atoms with Crippen molar-refractivity contribution >= 4 is 17.5 Å². The number of anilines is 1. The lowest BCUT2D eigenvalue weighted by molar-refractivity contribution is -0.128. The Hall–Kier alpha value is -2.04. The second-order valence-corrected chi connectivity index (χ2v) is 4.70. The summed E-state index contributed by atoms with van der Waals surface area (Å²) in [6.07, 6.45) is 0. The summed E-state index contributed by atoms with van der Waals surface area (Å²) in [6.45, 7) is 5.62. The summed E-state index contributed by atoms with van der Waals surface area (Å²) in [6, 6.07) is 7.14. The number of nitrogens with one attached hydrogen (secondary N) is 1. The van der Waals surface area contributed by atoms with Crippen molar-refractivity contribution in [3.8, 4) is 0 Å². The molecule has 0 saturated carbocycles. The molecule has 110 valence electrons. The maximum absolute atomic E-state index is 11.8. The predicted octanol–water partition coefficient (Wildman–Crippen LogP) is 1.67. The van der Waals surface area contributed by atoms with Gasteiger partial charge in [-0.15, -0.1) is 0 Å². The van der Waals surface area contributed by atoms with E-state index in [9.17, 15) is 9.59 Å². The highest BCUT2D eigenvalue weighted by atomic mass is 16.2. The zero-order valence-corrected chi connectivity index (χ0v) is 12.6. The van der Waals surface area contributed by atoms with Crippen LogP contribution in [0.4, 0.5) is 5.69 Å². The van der Waals surface area contributed by atoms with E-state index >= 15 is 0 Å². The largest absolute Gasteiger partial charge is 0.376 e. The molecular weight excluding hydrogens is 254 g/mol. The summed E-state index contributed by atoms with van der Waals surface area (Å²) >= 11 is 0. The number of likely N-dealkylation sites (N-methyl/N-ethyl adjacent to an activating group) is 1. The van der Waals surface area contributed by atoms with Gasteiger partial charge in [0.25, 0.3) is 5.91 Å². The molecule has 0 saturated heterocycles. The normalized spacial score (nSPS) is 10.0. The van der Waals surface area contributed by atoms with E-state index in [-0.39, 0.29) is 18.4 Å². The standard InChI is InChI=1S/C15H23N3O2/c1-5-18(6-2)14(19)11-16-13-9-7-12(8-10-13)15(20)17(3)4/h7-10,16H,5-6,11H2,1-4H3. The SMILES string of the molecule is CCN(CC)C(=O)CNc1ccc(C(=O)N(C)C)cc1. The molecule has 0 bridgehead atoms. The summed E-state index contributed by atoms with van der Waals surface area (Å²) in [5.74, 6) is 0.0409. The van der Waals surface area contributed by atoms with Crippen LogP contribution >= 0.6 is 0 Å². The Bertz CT molecular complexity index is 451. The zero-order valence-electron chi connectivity index (χ0n) is 12.6. The lowest BCUT2D eigenvalue weighted by atomic mass is 10.2. The second kappa shape index (κ2) is 7.53. The van der Waals surface area contributed by atoms with Gasteiger partial charge in [-0.3, -0.25) is 9.59 Å². The minimum atomic E-state index is -0.0317. The number of benzene rings is 1.